The van der Waals surface area contributed by atoms with Crippen LogP contribution < -0.4 is 20.7 Å². The molecule has 1 aromatic rings. The van der Waals surface area contributed by atoms with Crippen molar-refractivity contribution in [2.75, 3.05) is 23.7 Å². The Morgan fingerprint density at radius 2 is 2.27 bits per heavy atom. The average Bonchev–Trinajstić information content (AvgIpc) is 2.97. The monoisotopic (exact) mass is 309 g/mol. The van der Waals surface area contributed by atoms with Gasteiger partial charge in [-0.25, -0.2) is 0 Å². The summed E-state index contributed by atoms with van der Waals surface area (Å²) in [6.07, 6.45) is -1.64. The largest absolute Gasteiger partial charge is 0.427 e. The van der Waals surface area contributed by atoms with Crippen LogP contribution in [0.3, 0.4) is 0 Å². The van der Waals surface area contributed by atoms with Crippen molar-refractivity contribution in [1.82, 2.24) is 5.32 Å². The molecule has 0 aromatic heterocycles. The summed E-state index contributed by atoms with van der Waals surface area (Å²) in [5.41, 5.74) is 0.587. The summed E-state index contributed by atoms with van der Waals surface area (Å²) in [5.74, 6) is -0.0950. The van der Waals surface area contributed by atoms with E-state index in [-0.39, 0.29) is 29.8 Å². The molecule has 0 saturated carbocycles. The lowest BCUT2D eigenvalue weighted by molar-refractivity contribution is -0.140. The van der Waals surface area contributed by atoms with E-state index in [0.29, 0.717) is 11.4 Å². The van der Waals surface area contributed by atoms with Gasteiger partial charge in [0.25, 0.3) is 0 Å². The molecule has 0 radical (unpaired) electrons. The van der Waals surface area contributed by atoms with Gasteiger partial charge in [-0.15, -0.1) is 0 Å². The minimum atomic E-state index is -3.41. The number of benzene rings is 1. The first-order valence-corrected chi connectivity index (χ1v) is 7.13. The molecule has 118 valence electrons. The van der Waals surface area contributed by atoms with Crippen molar-refractivity contribution in [3.63, 3.8) is 0 Å². The standard InChI is InChI=1S/C15H17F2N3O2/c1-9-8-19-12-7-10(4-5-13(12)22-15(9,16)17)20-14(21)11-3-2-6-18-11/h4-5,7,11,18-19H,1-3,6,8H2,(H,20,21)/t11-/m0/s1. The van der Waals surface area contributed by atoms with Gasteiger partial charge in [-0.1, -0.05) is 6.58 Å². The van der Waals surface area contributed by atoms with Crippen LogP contribution in [0.2, 0.25) is 0 Å². The number of anilines is 2. The summed E-state index contributed by atoms with van der Waals surface area (Å²) >= 11 is 0. The molecule has 2 aliphatic heterocycles. The molecule has 5 nitrogen and oxygen atoms in total. The van der Waals surface area contributed by atoms with Crippen LogP contribution in [0.15, 0.2) is 30.4 Å². The molecule has 0 spiro atoms. The SMILES string of the molecule is C=C1CNc2cc(NC(=O)[C@@H]3CCCN3)ccc2OC1(F)F. The van der Waals surface area contributed by atoms with Gasteiger partial charge in [-0.3, -0.25) is 4.79 Å². The Hall–Kier alpha value is -2.15. The van der Waals surface area contributed by atoms with Crippen molar-refractivity contribution < 1.29 is 18.3 Å². The molecule has 2 heterocycles. The fourth-order valence-electron chi connectivity index (χ4n) is 2.49. The number of amides is 1. The molecule has 3 rings (SSSR count). The van der Waals surface area contributed by atoms with E-state index in [2.05, 4.69) is 22.5 Å². The van der Waals surface area contributed by atoms with Gasteiger partial charge in [0.1, 0.15) is 5.75 Å². The summed E-state index contributed by atoms with van der Waals surface area (Å²) in [7, 11) is 0. The molecule has 3 N–H and O–H groups in total. The second-order valence-corrected chi connectivity index (χ2v) is 5.43. The average molecular weight is 309 g/mol. The maximum atomic E-state index is 13.6. The van der Waals surface area contributed by atoms with Crippen LogP contribution in [-0.2, 0) is 4.79 Å². The molecule has 1 amide bonds. The van der Waals surface area contributed by atoms with Crippen LogP contribution in [0, 0.1) is 0 Å². The van der Waals surface area contributed by atoms with E-state index in [1.54, 1.807) is 6.07 Å². The lowest BCUT2D eigenvalue weighted by Crippen LogP contribution is -2.35. The number of alkyl halides is 2. The van der Waals surface area contributed by atoms with Crippen molar-refractivity contribution in [2.45, 2.75) is 25.0 Å². The Balaban J connectivity index is 1.76. The maximum absolute atomic E-state index is 13.6. The highest BCUT2D eigenvalue weighted by molar-refractivity contribution is 5.95. The van der Waals surface area contributed by atoms with Crippen LogP contribution in [0.1, 0.15) is 12.8 Å². The van der Waals surface area contributed by atoms with Gasteiger partial charge < -0.3 is 20.7 Å². The van der Waals surface area contributed by atoms with Crippen molar-refractivity contribution in [3.8, 4) is 5.75 Å². The van der Waals surface area contributed by atoms with Crippen molar-refractivity contribution in [2.24, 2.45) is 0 Å². The number of ether oxygens (including phenoxy) is 1. The zero-order valence-electron chi connectivity index (χ0n) is 11.9. The maximum Gasteiger partial charge on any atom is 0.424 e. The van der Waals surface area contributed by atoms with E-state index in [4.69, 9.17) is 4.74 Å². The van der Waals surface area contributed by atoms with Crippen molar-refractivity contribution in [1.29, 1.82) is 0 Å². The quantitative estimate of drug-likeness (QED) is 0.734. The Bertz CT molecular complexity index is 613. The number of nitrogens with one attached hydrogen (secondary N) is 3. The molecule has 0 bridgehead atoms. The molecule has 1 atom stereocenters. The third-order valence-corrected chi connectivity index (χ3v) is 3.77. The highest BCUT2D eigenvalue weighted by Crippen LogP contribution is 2.37. The minimum Gasteiger partial charge on any atom is -0.427 e. The fourth-order valence-corrected chi connectivity index (χ4v) is 2.49. The van der Waals surface area contributed by atoms with E-state index in [0.717, 1.165) is 19.4 Å². The first-order valence-electron chi connectivity index (χ1n) is 7.13. The third-order valence-electron chi connectivity index (χ3n) is 3.77. The third kappa shape index (κ3) is 2.89. The summed E-state index contributed by atoms with van der Waals surface area (Å²) in [5, 5.41) is 8.72. The van der Waals surface area contributed by atoms with Crippen LogP contribution in [0.25, 0.3) is 0 Å². The highest BCUT2D eigenvalue weighted by Gasteiger charge is 2.38. The molecular formula is C15H17F2N3O2. The summed E-state index contributed by atoms with van der Waals surface area (Å²) in [4.78, 5) is 12.0. The first kappa shape index (κ1) is 14.8. The van der Waals surface area contributed by atoms with Crippen LogP contribution in [0.5, 0.6) is 5.75 Å². The molecule has 22 heavy (non-hydrogen) atoms. The first-order chi connectivity index (χ1) is 10.5. The van der Waals surface area contributed by atoms with Gasteiger partial charge in [-0.2, -0.15) is 8.78 Å². The molecule has 1 saturated heterocycles. The predicted octanol–water partition coefficient (Wildman–Crippen LogP) is 2.33. The zero-order chi connectivity index (χ0) is 15.7. The van der Waals surface area contributed by atoms with Crippen LogP contribution >= 0.6 is 0 Å². The summed E-state index contributed by atoms with van der Waals surface area (Å²) in [6.45, 7) is 4.05. The number of hydrogen-bond donors (Lipinski definition) is 3. The van der Waals surface area contributed by atoms with Crippen LogP contribution in [-0.4, -0.2) is 31.1 Å². The summed E-state index contributed by atoms with van der Waals surface area (Å²) < 4.78 is 31.9. The zero-order valence-corrected chi connectivity index (χ0v) is 11.9. The van der Waals surface area contributed by atoms with Gasteiger partial charge in [0.2, 0.25) is 5.91 Å². The van der Waals surface area contributed by atoms with E-state index < -0.39 is 6.11 Å². The Kier molecular flexibility index (Phi) is 3.74. The lowest BCUT2D eigenvalue weighted by atomic mass is 10.2. The van der Waals surface area contributed by atoms with Gasteiger partial charge >= 0.3 is 6.11 Å². The number of fused-ring (bicyclic) bond motifs is 1. The van der Waals surface area contributed by atoms with Crippen molar-refractivity contribution >= 4 is 17.3 Å². The van der Waals surface area contributed by atoms with Gasteiger partial charge in [0.05, 0.1) is 17.3 Å². The lowest BCUT2D eigenvalue weighted by Gasteiger charge is -2.17. The molecular weight excluding hydrogens is 292 g/mol. The number of carbonyl (C=O) groups is 1. The van der Waals surface area contributed by atoms with Gasteiger partial charge in [0.15, 0.2) is 0 Å². The second-order valence-electron chi connectivity index (χ2n) is 5.43. The predicted molar refractivity (Wildman–Crippen MR) is 79.3 cm³/mol. The Morgan fingerprint density at radius 3 is 3.00 bits per heavy atom. The van der Waals surface area contributed by atoms with E-state index in [1.165, 1.54) is 12.1 Å². The second kappa shape index (κ2) is 5.57. The minimum absolute atomic E-state index is 0.0284. The molecule has 2 aliphatic rings. The van der Waals surface area contributed by atoms with Gasteiger partial charge in [-0.05, 0) is 37.6 Å². The van der Waals surface area contributed by atoms with E-state index in [9.17, 15) is 13.6 Å². The normalized spacial score (nSPS) is 23.0. The number of carbonyl (C=O) groups excluding carboxylic acids is 1. The van der Waals surface area contributed by atoms with E-state index >= 15 is 0 Å². The Morgan fingerprint density at radius 1 is 1.45 bits per heavy atom. The Labute approximate surface area is 126 Å². The fraction of sp³-hybridized carbons (Fsp3) is 0.400. The molecule has 0 unspecified atom stereocenters. The number of hydrogen-bond acceptors (Lipinski definition) is 4. The number of rotatable bonds is 2. The van der Waals surface area contributed by atoms with Crippen molar-refractivity contribution in [3.05, 3.63) is 30.4 Å². The molecule has 1 aromatic carbocycles. The molecule has 0 aliphatic carbocycles. The molecule has 1 fully saturated rings. The highest BCUT2D eigenvalue weighted by atomic mass is 19.3. The van der Waals surface area contributed by atoms with Gasteiger partial charge in [0, 0.05) is 12.2 Å². The smallest absolute Gasteiger partial charge is 0.424 e. The summed E-state index contributed by atoms with van der Waals surface area (Å²) in [6, 6.07) is 4.33. The number of halogens is 2. The van der Waals surface area contributed by atoms with E-state index in [1.807, 2.05) is 0 Å². The van der Waals surface area contributed by atoms with Crippen LogP contribution in [0.4, 0.5) is 20.2 Å². The topological polar surface area (TPSA) is 62.4 Å². The molecule has 7 heteroatoms.